The van der Waals surface area contributed by atoms with Crippen LogP contribution < -0.4 is 10.6 Å². The fraction of sp³-hybridized carbons (Fsp3) is 0.333. The zero-order valence-electron chi connectivity index (χ0n) is 15.5. The number of rotatable bonds is 4. The van der Waals surface area contributed by atoms with Crippen LogP contribution in [-0.2, 0) is 10.3 Å². The van der Waals surface area contributed by atoms with Crippen LogP contribution in [0.4, 0.5) is 5.69 Å². The largest absolute Gasteiger partial charge is 0.465 e. The van der Waals surface area contributed by atoms with Crippen molar-refractivity contribution in [1.29, 1.82) is 0 Å². The fourth-order valence-corrected chi connectivity index (χ4v) is 4.11. The van der Waals surface area contributed by atoms with Gasteiger partial charge in [0.15, 0.2) is 5.11 Å². The molecule has 0 atom stereocenters. The summed E-state index contributed by atoms with van der Waals surface area (Å²) in [6.07, 6.45) is 4.35. The molecule has 0 spiro atoms. The van der Waals surface area contributed by atoms with Gasteiger partial charge >= 0.3 is 5.97 Å². The number of benzene rings is 2. The van der Waals surface area contributed by atoms with Crippen LogP contribution in [0.25, 0.3) is 0 Å². The number of methoxy groups -OCH3 is 1. The molecule has 0 aromatic heterocycles. The molecule has 0 bridgehead atoms. The van der Waals surface area contributed by atoms with Crippen LogP contribution in [0.1, 0.15) is 47.2 Å². The number of carbonyl (C=O) groups excluding carboxylic acids is 1. The Balaban J connectivity index is 1.81. The van der Waals surface area contributed by atoms with Gasteiger partial charge in [0.2, 0.25) is 0 Å². The van der Waals surface area contributed by atoms with E-state index in [4.69, 9.17) is 28.6 Å². The minimum absolute atomic E-state index is 0.178. The van der Waals surface area contributed by atoms with Gasteiger partial charge in [0.1, 0.15) is 0 Å². The number of carbonyl (C=O) groups is 1. The van der Waals surface area contributed by atoms with Gasteiger partial charge in [0, 0.05) is 0 Å². The number of thiocarbonyl (C=S) groups is 1. The van der Waals surface area contributed by atoms with E-state index in [-0.39, 0.29) is 5.54 Å². The van der Waals surface area contributed by atoms with Crippen molar-refractivity contribution in [3.05, 3.63) is 64.2 Å². The third-order valence-electron chi connectivity index (χ3n) is 5.02. The second-order valence-corrected chi connectivity index (χ2v) is 7.74. The van der Waals surface area contributed by atoms with Gasteiger partial charge in [-0.2, -0.15) is 0 Å². The lowest BCUT2D eigenvalue weighted by Crippen LogP contribution is -2.45. The number of hydrogen-bond donors (Lipinski definition) is 2. The van der Waals surface area contributed by atoms with E-state index in [0.717, 1.165) is 25.7 Å². The zero-order chi connectivity index (χ0) is 19.4. The van der Waals surface area contributed by atoms with Gasteiger partial charge in [-0.15, -0.1) is 0 Å². The topological polar surface area (TPSA) is 50.4 Å². The highest BCUT2D eigenvalue weighted by Crippen LogP contribution is 2.39. The Bertz CT molecular complexity index is 863. The van der Waals surface area contributed by atoms with Crippen molar-refractivity contribution in [2.45, 2.75) is 38.1 Å². The second kappa shape index (κ2) is 8.28. The predicted octanol–water partition coefficient (Wildman–Crippen LogP) is 5.19. The van der Waals surface area contributed by atoms with Crippen molar-refractivity contribution < 1.29 is 9.53 Å². The Morgan fingerprint density at radius 1 is 1.19 bits per heavy atom. The number of ether oxygens (including phenoxy) is 1. The zero-order valence-corrected chi connectivity index (χ0v) is 17.0. The maximum atomic E-state index is 11.8. The SMILES string of the molecule is COC(=O)c1ccc(Cl)c(NC(=S)NC2(c3cccc(C)c3)CCCC2)c1. The first-order valence-electron chi connectivity index (χ1n) is 8.98. The fourth-order valence-electron chi connectivity index (χ4n) is 3.64. The molecule has 0 saturated heterocycles. The van der Waals surface area contributed by atoms with E-state index < -0.39 is 5.97 Å². The van der Waals surface area contributed by atoms with Crippen LogP contribution in [0.5, 0.6) is 0 Å². The highest BCUT2D eigenvalue weighted by atomic mass is 35.5. The van der Waals surface area contributed by atoms with E-state index in [1.54, 1.807) is 18.2 Å². The van der Waals surface area contributed by atoms with Gasteiger partial charge in [-0.3, -0.25) is 0 Å². The summed E-state index contributed by atoms with van der Waals surface area (Å²) in [5, 5.41) is 7.64. The molecule has 142 valence electrons. The van der Waals surface area contributed by atoms with Crippen LogP contribution in [0, 0.1) is 6.92 Å². The van der Waals surface area contributed by atoms with Crippen LogP contribution in [0.15, 0.2) is 42.5 Å². The number of aryl methyl sites for hydroxylation is 1. The number of esters is 1. The molecule has 1 fully saturated rings. The normalized spacial score (nSPS) is 15.2. The van der Waals surface area contributed by atoms with Crippen LogP contribution in [0.3, 0.4) is 0 Å². The Kier molecular flexibility index (Phi) is 6.02. The van der Waals surface area contributed by atoms with E-state index in [2.05, 4.69) is 41.8 Å². The van der Waals surface area contributed by atoms with Gasteiger partial charge in [0.25, 0.3) is 0 Å². The summed E-state index contributed by atoms with van der Waals surface area (Å²) in [4.78, 5) is 11.8. The molecule has 0 radical (unpaired) electrons. The van der Waals surface area contributed by atoms with Gasteiger partial charge in [-0.25, -0.2) is 4.79 Å². The highest BCUT2D eigenvalue weighted by Gasteiger charge is 2.36. The maximum Gasteiger partial charge on any atom is 0.337 e. The second-order valence-electron chi connectivity index (χ2n) is 6.92. The molecular formula is C21H23ClN2O2S. The molecule has 0 amide bonds. The van der Waals surface area contributed by atoms with Gasteiger partial charge in [-0.05, 0) is 55.7 Å². The lowest BCUT2D eigenvalue weighted by molar-refractivity contribution is 0.0601. The van der Waals surface area contributed by atoms with E-state index in [9.17, 15) is 4.79 Å². The Morgan fingerprint density at radius 3 is 2.59 bits per heavy atom. The molecule has 27 heavy (non-hydrogen) atoms. The molecule has 1 saturated carbocycles. The number of halogens is 1. The van der Waals surface area contributed by atoms with Crippen LogP contribution in [-0.4, -0.2) is 18.2 Å². The summed E-state index contributed by atoms with van der Waals surface area (Å²) in [6.45, 7) is 2.10. The van der Waals surface area contributed by atoms with Crippen molar-refractivity contribution >= 4 is 40.6 Å². The molecule has 3 rings (SSSR count). The Morgan fingerprint density at radius 2 is 1.93 bits per heavy atom. The van der Waals surface area contributed by atoms with Crippen molar-refractivity contribution in [1.82, 2.24) is 5.32 Å². The molecule has 1 aliphatic carbocycles. The molecule has 2 N–H and O–H groups in total. The average Bonchev–Trinajstić information content (AvgIpc) is 3.12. The van der Waals surface area contributed by atoms with E-state index in [1.165, 1.54) is 18.2 Å². The third kappa shape index (κ3) is 4.42. The summed E-state index contributed by atoms with van der Waals surface area (Å²) >= 11 is 11.9. The van der Waals surface area contributed by atoms with Crippen LogP contribution >= 0.6 is 23.8 Å². The lowest BCUT2D eigenvalue weighted by atomic mass is 9.87. The maximum absolute atomic E-state index is 11.8. The van der Waals surface area contributed by atoms with Crippen molar-refractivity contribution in [2.24, 2.45) is 0 Å². The number of nitrogens with one attached hydrogen (secondary N) is 2. The molecule has 2 aromatic carbocycles. The summed E-state index contributed by atoms with van der Waals surface area (Å²) in [5.41, 5.74) is 3.30. The highest BCUT2D eigenvalue weighted by molar-refractivity contribution is 7.80. The first kappa shape index (κ1) is 19.6. The molecule has 6 heteroatoms. The van der Waals surface area contributed by atoms with Gasteiger partial charge in [-0.1, -0.05) is 54.3 Å². The molecule has 0 unspecified atom stereocenters. The van der Waals surface area contributed by atoms with E-state index >= 15 is 0 Å². The summed E-state index contributed by atoms with van der Waals surface area (Å²) in [7, 11) is 1.35. The first-order valence-corrected chi connectivity index (χ1v) is 9.76. The van der Waals surface area contributed by atoms with Crippen molar-refractivity contribution in [3.8, 4) is 0 Å². The lowest BCUT2D eigenvalue weighted by Gasteiger charge is -2.33. The monoisotopic (exact) mass is 402 g/mol. The summed E-state index contributed by atoms with van der Waals surface area (Å²) < 4.78 is 4.77. The van der Waals surface area contributed by atoms with Crippen LogP contribution in [0.2, 0.25) is 5.02 Å². The minimum atomic E-state index is -0.416. The number of anilines is 1. The smallest absolute Gasteiger partial charge is 0.337 e. The summed E-state index contributed by atoms with van der Waals surface area (Å²) in [5.74, 6) is -0.416. The third-order valence-corrected chi connectivity index (χ3v) is 5.55. The Labute approximate surface area is 170 Å². The quantitative estimate of drug-likeness (QED) is 0.544. The first-order chi connectivity index (χ1) is 12.9. The molecular weight excluding hydrogens is 380 g/mol. The molecule has 0 heterocycles. The molecule has 0 aliphatic heterocycles. The standard InChI is InChI=1S/C21H23ClN2O2S/c1-14-6-5-7-16(12-14)21(10-3-4-11-21)24-20(27)23-18-13-15(19(25)26-2)8-9-17(18)22/h5-9,12-13H,3-4,10-11H2,1-2H3,(H2,23,24,27). The number of hydrogen-bond acceptors (Lipinski definition) is 3. The van der Waals surface area contributed by atoms with Crippen molar-refractivity contribution in [2.75, 3.05) is 12.4 Å². The minimum Gasteiger partial charge on any atom is -0.465 e. The Hall–Kier alpha value is -2.11. The summed E-state index contributed by atoms with van der Waals surface area (Å²) in [6, 6.07) is 13.5. The average molecular weight is 403 g/mol. The van der Waals surface area contributed by atoms with Gasteiger partial charge in [0.05, 0.1) is 28.9 Å². The van der Waals surface area contributed by atoms with Gasteiger partial charge < -0.3 is 15.4 Å². The van der Waals surface area contributed by atoms with Crippen molar-refractivity contribution in [3.63, 3.8) is 0 Å². The van der Waals surface area contributed by atoms with E-state index in [1.807, 2.05) is 0 Å². The van der Waals surface area contributed by atoms with E-state index in [0.29, 0.717) is 21.4 Å². The molecule has 1 aliphatic rings. The molecule has 2 aromatic rings. The molecule has 4 nitrogen and oxygen atoms in total. The predicted molar refractivity (Wildman–Crippen MR) is 113 cm³/mol.